The van der Waals surface area contributed by atoms with Crippen LogP contribution in [0.4, 0.5) is 0 Å². The number of hydrogen-bond donors (Lipinski definition) is 1. The number of nitrogens with one attached hydrogen (secondary N) is 1. The Balaban J connectivity index is 1.87. The van der Waals surface area contributed by atoms with E-state index >= 15 is 0 Å². The van der Waals surface area contributed by atoms with Gasteiger partial charge in [-0.1, -0.05) is 0 Å². The van der Waals surface area contributed by atoms with E-state index in [1.165, 1.54) is 4.31 Å². The van der Waals surface area contributed by atoms with E-state index in [0.717, 1.165) is 12.8 Å². The van der Waals surface area contributed by atoms with Gasteiger partial charge in [0.25, 0.3) is 5.91 Å². The van der Waals surface area contributed by atoms with Crippen molar-refractivity contribution in [1.82, 2.24) is 9.62 Å². The number of nitrogens with zero attached hydrogens (tertiary/aromatic N) is 1. The first-order valence-electron chi connectivity index (χ1n) is 6.38. The summed E-state index contributed by atoms with van der Waals surface area (Å²) in [5.41, 5.74) is 0. The summed E-state index contributed by atoms with van der Waals surface area (Å²) in [7, 11) is -3.16. The Labute approximate surface area is 108 Å². The van der Waals surface area contributed by atoms with Gasteiger partial charge in [-0.25, -0.2) is 8.42 Å². The molecule has 2 fully saturated rings. The molecule has 2 aliphatic heterocycles. The number of amides is 1. The Morgan fingerprint density at radius 3 is 2.72 bits per heavy atom. The fourth-order valence-corrected chi connectivity index (χ4v) is 3.70. The van der Waals surface area contributed by atoms with Crippen LogP contribution in [0.25, 0.3) is 0 Å². The van der Waals surface area contributed by atoms with Crippen LogP contribution in [0.1, 0.15) is 26.7 Å². The number of sulfonamides is 1. The summed E-state index contributed by atoms with van der Waals surface area (Å²) in [5, 5.41) is 2.77. The quantitative estimate of drug-likeness (QED) is 0.700. The summed E-state index contributed by atoms with van der Waals surface area (Å²) in [6.07, 6.45) is 1.31. The molecule has 0 aromatic heterocycles. The molecule has 0 aliphatic carbocycles. The SMILES string of the molecule is CCS(=O)(=O)N1CCCC1CNC(=O)[C@@H]1O[C@H]1C. The number of carbonyl (C=O) groups is 1. The summed E-state index contributed by atoms with van der Waals surface area (Å²) in [5.74, 6) is -0.0246. The van der Waals surface area contributed by atoms with Gasteiger partial charge >= 0.3 is 0 Å². The minimum absolute atomic E-state index is 0.0101. The molecular weight excluding hydrogens is 256 g/mol. The molecule has 1 N–H and O–H groups in total. The molecule has 0 bridgehead atoms. The van der Waals surface area contributed by atoms with Crippen molar-refractivity contribution in [2.45, 2.75) is 44.9 Å². The van der Waals surface area contributed by atoms with Crippen molar-refractivity contribution < 1.29 is 17.9 Å². The molecule has 0 aromatic rings. The number of carbonyl (C=O) groups excluding carboxylic acids is 1. The molecule has 6 nitrogen and oxygen atoms in total. The van der Waals surface area contributed by atoms with E-state index in [9.17, 15) is 13.2 Å². The fourth-order valence-electron chi connectivity index (χ4n) is 2.33. The van der Waals surface area contributed by atoms with Gasteiger partial charge < -0.3 is 10.1 Å². The standard InChI is InChI=1S/C11H20N2O4S/c1-3-18(15,16)13-6-4-5-9(13)7-12-11(14)10-8(2)17-10/h8-10H,3-7H2,1-2H3,(H,12,14)/t8-,9?,10+/m0/s1. The number of epoxide rings is 1. The maximum atomic E-state index is 11.8. The molecule has 0 spiro atoms. The second-order valence-corrected chi connectivity index (χ2v) is 7.02. The number of ether oxygens (including phenoxy) is 1. The Bertz CT molecular complexity index is 423. The molecule has 0 radical (unpaired) electrons. The van der Waals surface area contributed by atoms with Crippen LogP contribution in [0.3, 0.4) is 0 Å². The maximum Gasteiger partial charge on any atom is 0.251 e. The number of hydrogen-bond acceptors (Lipinski definition) is 4. The lowest BCUT2D eigenvalue weighted by Gasteiger charge is -2.23. The maximum absolute atomic E-state index is 11.8. The highest BCUT2D eigenvalue weighted by atomic mass is 32.2. The highest BCUT2D eigenvalue weighted by Crippen LogP contribution is 2.23. The van der Waals surface area contributed by atoms with Gasteiger partial charge in [0.05, 0.1) is 11.9 Å². The van der Waals surface area contributed by atoms with E-state index in [1.54, 1.807) is 6.92 Å². The molecular formula is C11H20N2O4S. The largest absolute Gasteiger partial charge is 0.359 e. The molecule has 2 heterocycles. The average Bonchev–Trinajstić information content (AvgIpc) is 2.89. The molecule has 18 heavy (non-hydrogen) atoms. The lowest BCUT2D eigenvalue weighted by Crippen LogP contribution is -2.44. The Morgan fingerprint density at radius 2 is 2.17 bits per heavy atom. The van der Waals surface area contributed by atoms with E-state index in [4.69, 9.17) is 4.74 Å². The van der Waals surface area contributed by atoms with Crippen molar-refractivity contribution in [2.75, 3.05) is 18.8 Å². The van der Waals surface area contributed by atoms with Gasteiger partial charge in [0, 0.05) is 19.1 Å². The summed E-state index contributed by atoms with van der Waals surface area (Å²) < 4.78 is 30.3. The predicted molar refractivity (Wildman–Crippen MR) is 66.5 cm³/mol. The highest BCUT2D eigenvalue weighted by Gasteiger charge is 2.41. The first-order chi connectivity index (χ1) is 8.45. The zero-order valence-electron chi connectivity index (χ0n) is 10.8. The third-order valence-corrected chi connectivity index (χ3v) is 5.45. The van der Waals surface area contributed by atoms with E-state index < -0.39 is 10.0 Å². The topological polar surface area (TPSA) is 79.0 Å². The highest BCUT2D eigenvalue weighted by molar-refractivity contribution is 7.89. The van der Waals surface area contributed by atoms with Crippen molar-refractivity contribution in [3.63, 3.8) is 0 Å². The Hall–Kier alpha value is -0.660. The summed E-state index contributed by atoms with van der Waals surface area (Å²) in [6.45, 7) is 4.42. The van der Waals surface area contributed by atoms with Gasteiger partial charge in [0.2, 0.25) is 10.0 Å². The average molecular weight is 276 g/mol. The first kappa shape index (κ1) is 13.8. The summed E-state index contributed by atoms with van der Waals surface area (Å²) in [6, 6.07) is -0.104. The smallest absolute Gasteiger partial charge is 0.251 e. The Morgan fingerprint density at radius 1 is 1.50 bits per heavy atom. The molecule has 104 valence electrons. The van der Waals surface area contributed by atoms with Crippen LogP contribution in [0.5, 0.6) is 0 Å². The molecule has 0 aromatic carbocycles. The molecule has 7 heteroatoms. The van der Waals surface area contributed by atoms with E-state index in [-0.39, 0.29) is 29.9 Å². The van der Waals surface area contributed by atoms with Crippen LogP contribution >= 0.6 is 0 Å². The van der Waals surface area contributed by atoms with Crippen molar-refractivity contribution >= 4 is 15.9 Å². The monoisotopic (exact) mass is 276 g/mol. The van der Waals surface area contributed by atoms with Gasteiger partial charge in [-0.3, -0.25) is 4.79 Å². The first-order valence-corrected chi connectivity index (χ1v) is 7.99. The normalized spacial score (nSPS) is 32.4. The Kier molecular flexibility index (Phi) is 3.93. The molecule has 2 rings (SSSR count). The summed E-state index contributed by atoms with van der Waals surface area (Å²) >= 11 is 0. The number of rotatable bonds is 5. The van der Waals surface area contributed by atoms with Crippen LogP contribution in [0.2, 0.25) is 0 Å². The van der Waals surface area contributed by atoms with Crippen LogP contribution in [-0.4, -0.2) is 55.7 Å². The second-order valence-electron chi connectivity index (χ2n) is 4.81. The molecule has 1 amide bonds. The van der Waals surface area contributed by atoms with Crippen LogP contribution in [0, 0.1) is 0 Å². The predicted octanol–water partition coefficient (Wildman–Crippen LogP) is -0.296. The second kappa shape index (κ2) is 5.14. The van der Waals surface area contributed by atoms with Crippen molar-refractivity contribution in [3.05, 3.63) is 0 Å². The molecule has 2 aliphatic rings. The van der Waals surface area contributed by atoms with Gasteiger partial charge in [-0.05, 0) is 26.7 Å². The molecule has 3 atom stereocenters. The zero-order valence-corrected chi connectivity index (χ0v) is 11.6. The van der Waals surface area contributed by atoms with Crippen LogP contribution < -0.4 is 5.32 Å². The molecule has 0 saturated carbocycles. The third-order valence-electron chi connectivity index (χ3n) is 3.53. The minimum Gasteiger partial charge on any atom is -0.359 e. The van der Waals surface area contributed by atoms with Crippen molar-refractivity contribution in [3.8, 4) is 0 Å². The lowest BCUT2D eigenvalue weighted by atomic mass is 10.2. The minimum atomic E-state index is -3.16. The molecule has 1 unspecified atom stereocenters. The zero-order chi connectivity index (χ0) is 13.3. The van der Waals surface area contributed by atoms with E-state index in [0.29, 0.717) is 13.1 Å². The molecule has 2 saturated heterocycles. The van der Waals surface area contributed by atoms with Gasteiger partial charge in [-0.15, -0.1) is 0 Å². The summed E-state index contributed by atoms with van der Waals surface area (Å²) in [4.78, 5) is 11.6. The van der Waals surface area contributed by atoms with Crippen LogP contribution in [-0.2, 0) is 19.6 Å². The van der Waals surface area contributed by atoms with Crippen molar-refractivity contribution in [1.29, 1.82) is 0 Å². The van der Waals surface area contributed by atoms with E-state index in [2.05, 4.69) is 5.32 Å². The lowest BCUT2D eigenvalue weighted by molar-refractivity contribution is -0.122. The van der Waals surface area contributed by atoms with Gasteiger partial charge in [-0.2, -0.15) is 4.31 Å². The van der Waals surface area contributed by atoms with Crippen molar-refractivity contribution in [2.24, 2.45) is 0 Å². The van der Waals surface area contributed by atoms with Gasteiger partial charge in [0.1, 0.15) is 0 Å². The van der Waals surface area contributed by atoms with Crippen LogP contribution in [0.15, 0.2) is 0 Å². The van der Waals surface area contributed by atoms with Gasteiger partial charge in [0.15, 0.2) is 6.10 Å². The fraction of sp³-hybridized carbons (Fsp3) is 0.909. The third kappa shape index (κ3) is 2.84. The van der Waals surface area contributed by atoms with E-state index in [1.807, 2.05) is 6.92 Å².